The smallest absolute Gasteiger partial charge is 0.341 e. The van der Waals surface area contributed by atoms with E-state index in [1.165, 1.54) is 13.3 Å². The van der Waals surface area contributed by atoms with Gasteiger partial charge >= 0.3 is 5.97 Å². The second-order valence-electron chi connectivity index (χ2n) is 4.90. The van der Waals surface area contributed by atoms with E-state index in [0.29, 0.717) is 23.0 Å². The minimum Gasteiger partial charge on any atom is -0.465 e. The van der Waals surface area contributed by atoms with Gasteiger partial charge < -0.3 is 20.5 Å². The van der Waals surface area contributed by atoms with Crippen molar-refractivity contribution in [2.75, 3.05) is 31.3 Å². The number of nitrogens with one attached hydrogen (secondary N) is 1. The molecule has 20 heavy (non-hydrogen) atoms. The second-order valence-corrected chi connectivity index (χ2v) is 4.90. The first-order chi connectivity index (χ1) is 9.65. The fraction of sp³-hybridized carbons (Fsp3) is 0.571. The lowest BCUT2D eigenvalue weighted by Gasteiger charge is -2.18. The van der Waals surface area contributed by atoms with Gasteiger partial charge in [0.15, 0.2) is 0 Å². The molecule has 1 saturated heterocycles. The van der Waals surface area contributed by atoms with Crippen LogP contribution in [0.25, 0.3) is 0 Å². The Morgan fingerprint density at radius 3 is 3.15 bits per heavy atom. The van der Waals surface area contributed by atoms with E-state index >= 15 is 0 Å². The highest BCUT2D eigenvalue weighted by molar-refractivity contribution is 5.95. The summed E-state index contributed by atoms with van der Waals surface area (Å²) in [5, 5.41) is 3.21. The Bertz CT molecular complexity index is 479. The summed E-state index contributed by atoms with van der Waals surface area (Å²) >= 11 is 0. The highest BCUT2D eigenvalue weighted by Crippen LogP contribution is 2.24. The summed E-state index contributed by atoms with van der Waals surface area (Å²) in [6.07, 6.45) is 3.81. The van der Waals surface area contributed by atoms with E-state index in [4.69, 9.17) is 15.2 Å². The van der Waals surface area contributed by atoms with Gasteiger partial charge in [0.25, 0.3) is 0 Å². The molecule has 1 aromatic rings. The van der Waals surface area contributed by atoms with E-state index in [1.54, 1.807) is 6.07 Å². The molecule has 1 fully saturated rings. The van der Waals surface area contributed by atoms with E-state index < -0.39 is 5.97 Å². The Morgan fingerprint density at radius 2 is 2.45 bits per heavy atom. The van der Waals surface area contributed by atoms with Crippen molar-refractivity contribution in [1.82, 2.24) is 4.98 Å². The van der Waals surface area contributed by atoms with Gasteiger partial charge in [0.2, 0.25) is 0 Å². The highest BCUT2D eigenvalue weighted by atomic mass is 16.5. The minimum atomic E-state index is -0.443. The predicted molar refractivity (Wildman–Crippen MR) is 76.6 cm³/mol. The van der Waals surface area contributed by atoms with Gasteiger partial charge in [0, 0.05) is 19.1 Å². The minimum absolute atomic E-state index is 0.276. The lowest BCUT2D eigenvalue weighted by Crippen LogP contribution is -2.24. The van der Waals surface area contributed by atoms with Gasteiger partial charge in [-0.2, -0.15) is 0 Å². The molecule has 0 spiro atoms. The molecular formula is C14H21N3O3. The molecular weight excluding hydrogens is 258 g/mol. The summed E-state index contributed by atoms with van der Waals surface area (Å²) in [5.41, 5.74) is 6.46. The monoisotopic (exact) mass is 279 g/mol. The molecule has 2 atom stereocenters. The zero-order chi connectivity index (χ0) is 14.5. The van der Waals surface area contributed by atoms with Gasteiger partial charge in [-0.25, -0.2) is 9.78 Å². The van der Waals surface area contributed by atoms with Crippen LogP contribution in [-0.4, -0.2) is 37.3 Å². The first kappa shape index (κ1) is 14.6. The number of nitrogens with zero attached hydrogens (tertiary/aromatic N) is 1. The molecule has 0 saturated carbocycles. The Morgan fingerprint density at radius 1 is 1.65 bits per heavy atom. The van der Waals surface area contributed by atoms with E-state index in [-0.39, 0.29) is 6.10 Å². The summed E-state index contributed by atoms with van der Waals surface area (Å²) in [6.45, 7) is 3.63. The van der Waals surface area contributed by atoms with Crippen molar-refractivity contribution >= 4 is 17.5 Å². The van der Waals surface area contributed by atoms with Crippen molar-refractivity contribution in [3.05, 3.63) is 17.8 Å². The maximum Gasteiger partial charge on any atom is 0.341 e. The first-order valence-electron chi connectivity index (χ1n) is 6.85. The number of nitrogens with two attached hydrogens (primary N) is 1. The number of hydrogen-bond donors (Lipinski definition) is 2. The number of carbonyl (C=O) groups is 1. The molecule has 0 aromatic carbocycles. The molecule has 1 aliphatic heterocycles. The van der Waals surface area contributed by atoms with Gasteiger partial charge in [-0.3, -0.25) is 0 Å². The summed E-state index contributed by atoms with van der Waals surface area (Å²) < 4.78 is 10.4. The van der Waals surface area contributed by atoms with Gasteiger partial charge in [-0.1, -0.05) is 6.92 Å². The number of pyridine rings is 1. The Hall–Kier alpha value is -1.82. The molecule has 1 aliphatic rings. The SMILES string of the molecule is CCC1OCCC1CNc1ncc(N)cc1C(=O)OC. The molecule has 0 aliphatic carbocycles. The van der Waals surface area contributed by atoms with Crippen LogP contribution < -0.4 is 11.1 Å². The standard InChI is InChI=1S/C14H21N3O3/c1-3-12-9(4-5-20-12)7-16-13-11(14(18)19-2)6-10(15)8-17-13/h6,8-9,12H,3-5,7,15H2,1-2H3,(H,16,17). The van der Waals surface area contributed by atoms with Crippen LogP contribution in [-0.2, 0) is 9.47 Å². The summed E-state index contributed by atoms with van der Waals surface area (Å²) in [6, 6.07) is 1.57. The molecule has 6 nitrogen and oxygen atoms in total. The zero-order valence-corrected chi connectivity index (χ0v) is 11.9. The fourth-order valence-corrected chi connectivity index (χ4v) is 2.49. The summed E-state index contributed by atoms with van der Waals surface area (Å²) in [4.78, 5) is 15.9. The van der Waals surface area contributed by atoms with E-state index in [9.17, 15) is 4.79 Å². The normalized spacial score (nSPS) is 21.7. The number of aromatic nitrogens is 1. The van der Waals surface area contributed by atoms with Crippen LogP contribution in [0.15, 0.2) is 12.3 Å². The lowest BCUT2D eigenvalue weighted by molar-refractivity contribution is 0.0601. The van der Waals surface area contributed by atoms with Crippen molar-refractivity contribution in [2.24, 2.45) is 5.92 Å². The van der Waals surface area contributed by atoms with E-state index in [1.807, 2.05) is 0 Å². The number of hydrogen-bond acceptors (Lipinski definition) is 6. The number of nitrogen functional groups attached to an aromatic ring is 1. The fourth-order valence-electron chi connectivity index (χ4n) is 2.49. The van der Waals surface area contributed by atoms with Crippen molar-refractivity contribution in [1.29, 1.82) is 0 Å². The van der Waals surface area contributed by atoms with Gasteiger partial charge in [-0.15, -0.1) is 0 Å². The molecule has 0 radical (unpaired) electrons. The van der Waals surface area contributed by atoms with Crippen LogP contribution >= 0.6 is 0 Å². The largest absolute Gasteiger partial charge is 0.465 e. The quantitative estimate of drug-likeness (QED) is 0.797. The number of esters is 1. The Kier molecular flexibility index (Phi) is 4.79. The molecule has 1 aromatic heterocycles. The van der Waals surface area contributed by atoms with Crippen molar-refractivity contribution in [3.63, 3.8) is 0 Å². The maximum absolute atomic E-state index is 11.7. The molecule has 3 N–H and O–H groups in total. The maximum atomic E-state index is 11.7. The third-order valence-electron chi connectivity index (χ3n) is 3.59. The summed E-state index contributed by atoms with van der Waals surface area (Å²) in [5.74, 6) is 0.500. The topological polar surface area (TPSA) is 86.5 Å². The molecule has 2 unspecified atom stereocenters. The van der Waals surface area contributed by atoms with Crippen LogP contribution in [0.3, 0.4) is 0 Å². The predicted octanol–water partition coefficient (Wildman–Crippen LogP) is 1.68. The third kappa shape index (κ3) is 3.19. The van der Waals surface area contributed by atoms with Gasteiger partial charge in [0.05, 0.1) is 25.1 Å². The highest BCUT2D eigenvalue weighted by Gasteiger charge is 2.27. The number of methoxy groups -OCH3 is 1. The van der Waals surface area contributed by atoms with Crippen LogP contribution in [0.4, 0.5) is 11.5 Å². The number of carbonyl (C=O) groups excluding carboxylic acids is 1. The van der Waals surface area contributed by atoms with Crippen LogP contribution in [0.2, 0.25) is 0 Å². The van der Waals surface area contributed by atoms with Gasteiger partial charge in [0.1, 0.15) is 11.4 Å². The van der Waals surface area contributed by atoms with E-state index in [2.05, 4.69) is 17.2 Å². The molecule has 2 heterocycles. The van der Waals surface area contributed by atoms with Crippen molar-refractivity contribution in [2.45, 2.75) is 25.9 Å². The van der Waals surface area contributed by atoms with Crippen molar-refractivity contribution in [3.8, 4) is 0 Å². The average Bonchev–Trinajstić information content (AvgIpc) is 2.92. The molecule has 0 bridgehead atoms. The van der Waals surface area contributed by atoms with E-state index in [0.717, 1.165) is 26.0 Å². The first-order valence-corrected chi connectivity index (χ1v) is 6.85. The number of rotatable bonds is 5. The Balaban J connectivity index is 2.07. The van der Waals surface area contributed by atoms with Crippen LogP contribution in [0.1, 0.15) is 30.1 Å². The Labute approximate surface area is 118 Å². The molecule has 6 heteroatoms. The molecule has 0 amide bonds. The number of anilines is 2. The summed E-state index contributed by atoms with van der Waals surface area (Å²) in [7, 11) is 1.34. The average molecular weight is 279 g/mol. The zero-order valence-electron chi connectivity index (χ0n) is 11.9. The van der Waals surface area contributed by atoms with Crippen LogP contribution in [0, 0.1) is 5.92 Å². The second kappa shape index (κ2) is 6.56. The third-order valence-corrected chi connectivity index (χ3v) is 3.59. The molecule has 110 valence electrons. The van der Waals surface area contributed by atoms with Gasteiger partial charge in [-0.05, 0) is 18.9 Å². The lowest BCUT2D eigenvalue weighted by atomic mass is 9.99. The van der Waals surface area contributed by atoms with Crippen LogP contribution in [0.5, 0.6) is 0 Å². The number of ether oxygens (including phenoxy) is 2. The molecule has 2 rings (SSSR count). The van der Waals surface area contributed by atoms with Crippen molar-refractivity contribution < 1.29 is 14.3 Å².